The fraction of sp³-hybridized carbons (Fsp3) is 0.417. The molecule has 1 saturated heterocycles. The quantitative estimate of drug-likeness (QED) is 0.754. The topological polar surface area (TPSA) is 32.3 Å². The normalized spacial score (nSPS) is 15.7. The molecule has 0 spiro atoms. The van der Waals surface area contributed by atoms with Crippen LogP contribution in [0.4, 0.5) is 0 Å². The average molecular weight is 204 g/mol. The lowest BCUT2D eigenvalue weighted by atomic mass is 10.1. The number of hydrazine groups is 1. The molecule has 15 heavy (non-hydrogen) atoms. The van der Waals surface area contributed by atoms with Crippen molar-refractivity contribution in [1.82, 2.24) is 10.4 Å². The number of carbonyl (C=O) groups is 1. The van der Waals surface area contributed by atoms with Crippen LogP contribution in [0.2, 0.25) is 0 Å². The number of rotatable bonds is 1. The van der Waals surface area contributed by atoms with Crippen LogP contribution >= 0.6 is 0 Å². The number of nitrogens with one attached hydrogen (secondary N) is 1. The molecule has 80 valence electrons. The third kappa shape index (κ3) is 2.02. The molecule has 1 fully saturated rings. The number of carbonyl (C=O) groups excluding carboxylic acids is 1. The molecule has 1 aromatic rings. The summed E-state index contributed by atoms with van der Waals surface area (Å²) in [6, 6.07) is 5.94. The average Bonchev–Trinajstić information content (AvgIpc) is 2.69. The van der Waals surface area contributed by atoms with E-state index in [1.54, 1.807) is 5.01 Å². The first-order chi connectivity index (χ1) is 7.18. The Hall–Kier alpha value is -1.35. The van der Waals surface area contributed by atoms with Crippen molar-refractivity contribution in [3.05, 3.63) is 34.9 Å². The van der Waals surface area contributed by atoms with Crippen molar-refractivity contribution < 1.29 is 4.79 Å². The Labute approximate surface area is 90.1 Å². The van der Waals surface area contributed by atoms with Gasteiger partial charge in [-0.25, -0.2) is 5.43 Å². The van der Waals surface area contributed by atoms with Crippen LogP contribution in [0, 0.1) is 13.8 Å². The van der Waals surface area contributed by atoms with Crippen LogP contribution in [0.3, 0.4) is 0 Å². The SMILES string of the molecule is Cc1ccc(C(=O)N2CCCN2)c(C)c1. The molecule has 3 nitrogen and oxygen atoms in total. The number of aryl methyl sites for hydroxylation is 2. The molecule has 3 heteroatoms. The van der Waals surface area contributed by atoms with Crippen molar-refractivity contribution >= 4 is 5.91 Å². The molecule has 1 N–H and O–H groups in total. The van der Waals surface area contributed by atoms with E-state index in [-0.39, 0.29) is 5.91 Å². The Balaban J connectivity index is 2.24. The standard InChI is InChI=1S/C12H16N2O/c1-9-4-5-11(10(2)8-9)12(15)14-7-3-6-13-14/h4-5,8,13H,3,6-7H2,1-2H3. The molecule has 0 unspecified atom stereocenters. The number of hydrogen-bond donors (Lipinski definition) is 1. The predicted molar refractivity (Wildman–Crippen MR) is 59.6 cm³/mol. The van der Waals surface area contributed by atoms with Crippen molar-refractivity contribution in [2.24, 2.45) is 0 Å². The summed E-state index contributed by atoms with van der Waals surface area (Å²) in [6.07, 6.45) is 1.04. The molecule has 2 rings (SSSR count). The van der Waals surface area contributed by atoms with Crippen LogP contribution in [0.1, 0.15) is 27.9 Å². The molecule has 1 aliphatic heterocycles. The fourth-order valence-electron chi connectivity index (χ4n) is 1.90. The summed E-state index contributed by atoms with van der Waals surface area (Å²) >= 11 is 0. The Morgan fingerprint density at radius 1 is 1.40 bits per heavy atom. The van der Waals surface area contributed by atoms with Gasteiger partial charge in [-0.05, 0) is 31.9 Å². The predicted octanol–water partition coefficient (Wildman–Crippen LogP) is 1.65. The van der Waals surface area contributed by atoms with Crippen molar-refractivity contribution in [2.75, 3.05) is 13.1 Å². The molecule has 0 saturated carbocycles. The summed E-state index contributed by atoms with van der Waals surface area (Å²) in [5.41, 5.74) is 6.12. The largest absolute Gasteiger partial charge is 0.274 e. The maximum atomic E-state index is 12.0. The van der Waals surface area contributed by atoms with Crippen LogP contribution in [-0.4, -0.2) is 24.0 Å². The number of nitrogens with zero attached hydrogens (tertiary/aromatic N) is 1. The van der Waals surface area contributed by atoms with Gasteiger partial charge in [0.05, 0.1) is 0 Å². The summed E-state index contributed by atoms with van der Waals surface area (Å²) in [5, 5.41) is 1.71. The van der Waals surface area contributed by atoms with Crippen LogP contribution in [0.25, 0.3) is 0 Å². The zero-order valence-electron chi connectivity index (χ0n) is 9.21. The van der Waals surface area contributed by atoms with E-state index in [0.717, 1.165) is 30.6 Å². The van der Waals surface area contributed by atoms with Gasteiger partial charge in [0.2, 0.25) is 0 Å². The second kappa shape index (κ2) is 4.03. The van der Waals surface area contributed by atoms with Crippen LogP contribution in [-0.2, 0) is 0 Å². The van der Waals surface area contributed by atoms with Gasteiger partial charge in [-0.15, -0.1) is 0 Å². The first kappa shape index (κ1) is 10.2. The molecule has 0 radical (unpaired) electrons. The summed E-state index contributed by atoms with van der Waals surface area (Å²) in [6.45, 7) is 5.73. The number of hydrogen-bond acceptors (Lipinski definition) is 2. The van der Waals surface area contributed by atoms with Gasteiger partial charge in [-0.1, -0.05) is 17.7 Å². The third-order valence-electron chi connectivity index (χ3n) is 2.72. The lowest BCUT2D eigenvalue weighted by Gasteiger charge is -2.16. The summed E-state index contributed by atoms with van der Waals surface area (Å²) in [7, 11) is 0. The van der Waals surface area contributed by atoms with Gasteiger partial charge in [-0.2, -0.15) is 0 Å². The van der Waals surface area contributed by atoms with E-state index in [1.807, 2.05) is 32.0 Å². The van der Waals surface area contributed by atoms with Crippen molar-refractivity contribution in [1.29, 1.82) is 0 Å². The van der Waals surface area contributed by atoms with E-state index in [9.17, 15) is 4.79 Å². The molecule has 0 atom stereocenters. The molecule has 0 bridgehead atoms. The monoisotopic (exact) mass is 204 g/mol. The molecule has 0 aromatic heterocycles. The van der Waals surface area contributed by atoms with Gasteiger partial charge >= 0.3 is 0 Å². The molecule has 1 aromatic carbocycles. The highest BCUT2D eigenvalue weighted by atomic mass is 16.2. The first-order valence-electron chi connectivity index (χ1n) is 5.31. The van der Waals surface area contributed by atoms with Crippen molar-refractivity contribution in [3.8, 4) is 0 Å². The third-order valence-corrected chi connectivity index (χ3v) is 2.72. The minimum atomic E-state index is 0.0880. The fourth-order valence-corrected chi connectivity index (χ4v) is 1.90. The smallest absolute Gasteiger partial charge is 0.268 e. The van der Waals surface area contributed by atoms with Gasteiger partial charge in [0.1, 0.15) is 0 Å². The first-order valence-corrected chi connectivity index (χ1v) is 5.31. The molecule has 1 heterocycles. The summed E-state index contributed by atoms with van der Waals surface area (Å²) < 4.78 is 0. The Morgan fingerprint density at radius 3 is 2.80 bits per heavy atom. The van der Waals surface area contributed by atoms with Crippen LogP contribution in [0.15, 0.2) is 18.2 Å². The number of amides is 1. The number of benzene rings is 1. The van der Waals surface area contributed by atoms with Gasteiger partial charge in [-0.3, -0.25) is 9.80 Å². The zero-order chi connectivity index (χ0) is 10.8. The second-order valence-electron chi connectivity index (χ2n) is 4.04. The molecule has 1 amide bonds. The Morgan fingerprint density at radius 2 is 2.20 bits per heavy atom. The summed E-state index contributed by atoms with van der Waals surface area (Å²) in [4.78, 5) is 12.0. The highest BCUT2D eigenvalue weighted by Crippen LogP contribution is 2.13. The Kier molecular flexibility index (Phi) is 2.73. The highest BCUT2D eigenvalue weighted by Gasteiger charge is 2.20. The zero-order valence-corrected chi connectivity index (χ0v) is 9.21. The van der Waals surface area contributed by atoms with E-state index in [4.69, 9.17) is 0 Å². The van der Waals surface area contributed by atoms with E-state index >= 15 is 0 Å². The minimum absolute atomic E-state index is 0.0880. The highest BCUT2D eigenvalue weighted by molar-refractivity contribution is 5.95. The second-order valence-corrected chi connectivity index (χ2v) is 4.04. The van der Waals surface area contributed by atoms with E-state index in [1.165, 1.54) is 5.56 Å². The van der Waals surface area contributed by atoms with Crippen molar-refractivity contribution in [3.63, 3.8) is 0 Å². The Bertz CT molecular complexity index is 381. The van der Waals surface area contributed by atoms with E-state index in [0.29, 0.717) is 0 Å². The molecular formula is C12H16N2O. The molecule has 0 aliphatic carbocycles. The van der Waals surface area contributed by atoms with Gasteiger partial charge in [0.15, 0.2) is 0 Å². The minimum Gasteiger partial charge on any atom is -0.274 e. The van der Waals surface area contributed by atoms with Gasteiger partial charge in [0, 0.05) is 18.7 Å². The maximum Gasteiger partial charge on any atom is 0.268 e. The van der Waals surface area contributed by atoms with Crippen molar-refractivity contribution in [2.45, 2.75) is 20.3 Å². The molecule has 1 aliphatic rings. The summed E-state index contributed by atoms with van der Waals surface area (Å²) in [5.74, 6) is 0.0880. The lowest BCUT2D eigenvalue weighted by Crippen LogP contribution is -2.37. The van der Waals surface area contributed by atoms with Gasteiger partial charge in [0.25, 0.3) is 5.91 Å². The maximum absolute atomic E-state index is 12.0. The van der Waals surface area contributed by atoms with E-state index < -0.39 is 0 Å². The van der Waals surface area contributed by atoms with E-state index in [2.05, 4.69) is 5.43 Å². The molecular weight excluding hydrogens is 188 g/mol. The van der Waals surface area contributed by atoms with Crippen LogP contribution < -0.4 is 5.43 Å². The lowest BCUT2D eigenvalue weighted by molar-refractivity contribution is 0.0725. The van der Waals surface area contributed by atoms with Gasteiger partial charge < -0.3 is 0 Å². The van der Waals surface area contributed by atoms with Crippen LogP contribution in [0.5, 0.6) is 0 Å².